The lowest BCUT2D eigenvalue weighted by Crippen LogP contribution is -2.61. The van der Waals surface area contributed by atoms with Gasteiger partial charge in [0.1, 0.15) is 11.4 Å². The maximum atomic E-state index is 13.6. The fourth-order valence-corrected chi connectivity index (χ4v) is 9.00. The first-order valence-corrected chi connectivity index (χ1v) is 20.3. The molecule has 0 radical (unpaired) electrons. The second-order valence-electron chi connectivity index (χ2n) is 17.0. The van der Waals surface area contributed by atoms with Crippen molar-refractivity contribution < 1.29 is 29.0 Å². The van der Waals surface area contributed by atoms with E-state index in [1.807, 2.05) is 30.0 Å². The van der Waals surface area contributed by atoms with Crippen molar-refractivity contribution in [3.8, 4) is 5.75 Å². The Bertz CT molecular complexity index is 2220. The largest absolute Gasteiger partial charge is 0.495 e. The zero-order valence-corrected chi connectivity index (χ0v) is 33.8. The highest BCUT2D eigenvalue weighted by atomic mass is 16.5. The Morgan fingerprint density at radius 1 is 0.983 bits per heavy atom. The quantitative estimate of drug-likeness (QED) is 0.208. The van der Waals surface area contributed by atoms with Crippen LogP contribution in [0.3, 0.4) is 0 Å². The van der Waals surface area contributed by atoms with Crippen molar-refractivity contribution in [2.75, 3.05) is 76.2 Å². The predicted octanol–water partition coefficient (Wildman–Crippen LogP) is 4.55. The van der Waals surface area contributed by atoms with Gasteiger partial charge in [0.2, 0.25) is 5.91 Å². The number of carbonyl (C=O) groups excluding carboxylic acids is 4. The van der Waals surface area contributed by atoms with Crippen LogP contribution in [-0.4, -0.2) is 124 Å². The minimum Gasteiger partial charge on any atom is -0.495 e. The number of rotatable bonds is 10. The van der Waals surface area contributed by atoms with Crippen molar-refractivity contribution in [2.45, 2.75) is 64.5 Å². The lowest BCUT2D eigenvalue weighted by atomic mass is 9.72. The first-order chi connectivity index (χ1) is 27.8. The van der Waals surface area contributed by atoms with Crippen LogP contribution in [0.1, 0.15) is 84.1 Å². The Hall–Kier alpha value is -5.38. The van der Waals surface area contributed by atoms with Gasteiger partial charge in [-0.15, -0.1) is 0 Å². The van der Waals surface area contributed by atoms with Crippen LogP contribution in [-0.2, 0) is 10.4 Å². The number of fused-ring (bicyclic) bond motifs is 1. The second kappa shape index (κ2) is 15.8. The van der Waals surface area contributed by atoms with E-state index in [1.54, 1.807) is 44.2 Å². The summed E-state index contributed by atoms with van der Waals surface area (Å²) >= 11 is 0. The lowest BCUT2D eigenvalue weighted by molar-refractivity contribution is -0.120. The van der Waals surface area contributed by atoms with E-state index >= 15 is 0 Å². The number of carbonyl (C=O) groups is 4. The summed E-state index contributed by atoms with van der Waals surface area (Å²) in [5.41, 5.74) is 3.05. The molecule has 2 aromatic heterocycles. The predicted molar refractivity (Wildman–Crippen MR) is 219 cm³/mol. The highest BCUT2D eigenvalue weighted by molar-refractivity contribution is 6.07. The standard InChI is InChI=1S/C43H53N9O6/c1-28-6-5-7-33(44-28)39(54)45-35-22-30-25-52(47-34(30)24-32(35)42(2,3)57)31-10-15-48(16-11-31)20-21-49-26-43(27-49)13-18-50(19-14-43)40(55)29-8-9-37(58-4)36(23-29)51-17-12-38(53)46-41(51)56/h5-9,22-25,31,57H,10-21,26-27H2,1-4H3,(H,45,54)(H,46,53,56). The molecule has 58 heavy (non-hydrogen) atoms. The normalized spacial score (nSPS) is 19.3. The first-order valence-electron chi connectivity index (χ1n) is 20.3. The Morgan fingerprint density at radius 2 is 1.72 bits per heavy atom. The number of methoxy groups -OCH3 is 1. The molecule has 0 saturated carbocycles. The van der Waals surface area contributed by atoms with Gasteiger partial charge in [-0.25, -0.2) is 9.78 Å². The van der Waals surface area contributed by atoms with Crippen LogP contribution in [0.15, 0.2) is 54.7 Å². The average molecular weight is 792 g/mol. The molecule has 3 N–H and O–H groups in total. The molecular weight excluding hydrogens is 739 g/mol. The molecule has 4 aliphatic rings. The molecule has 6 heterocycles. The van der Waals surface area contributed by atoms with Gasteiger partial charge in [0, 0.05) is 99.4 Å². The zero-order chi connectivity index (χ0) is 40.8. The zero-order valence-electron chi connectivity index (χ0n) is 33.8. The van der Waals surface area contributed by atoms with Gasteiger partial charge < -0.3 is 29.9 Å². The number of likely N-dealkylation sites (tertiary alicyclic amines) is 3. The van der Waals surface area contributed by atoms with Gasteiger partial charge in [-0.2, -0.15) is 5.10 Å². The molecule has 8 rings (SSSR count). The van der Waals surface area contributed by atoms with Crippen molar-refractivity contribution >= 4 is 46.0 Å². The molecular formula is C43H53N9O6. The summed E-state index contributed by atoms with van der Waals surface area (Å²) in [7, 11) is 1.52. The number of nitrogens with zero attached hydrogens (tertiary/aromatic N) is 7. The van der Waals surface area contributed by atoms with Gasteiger partial charge in [0.25, 0.3) is 11.8 Å². The molecule has 15 nitrogen and oxygen atoms in total. The minimum atomic E-state index is -1.19. The molecule has 5 amide bonds. The Labute approximate surface area is 338 Å². The summed E-state index contributed by atoms with van der Waals surface area (Å²) in [5, 5.41) is 22.2. The van der Waals surface area contributed by atoms with Gasteiger partial charge in [0.05, 0.1) is 30.0 Å². The topological polar surface area (TPSA) is 165 Å². The van der Waals surface area contributed by atoms with Crippen molar-refractivity contribution in [1.29, 1.82) is 0 Å². The molecule has 4 saturated heterocycles. The number of aromatic nitrogens is 3. The summed E-state index contributed by atoms with van der Waals surface area (Å²) < 4.78 is 7.54. The lowest BCUT2D eigenvalue weighted by Gasteiger charge is -2.54. The number of aryl methyl sites for hydroxylation is 1. The number of anilines is 2. The number of hydrogen-bond acceptors (Lipinski definition) is 10. The van der Waals surface area contributed by atoms with E-state index in [1.165, 1.54) is 12.0 Å². The van der Waals surface area contributed by atoms with Crippen LogP contribution in [0, 0.1) is 12.3 Å². The number of piperidine rings is 2. The van der Waals surface area contributed by atoms with Crippen molar-refractivity contribution in [1.82, 2.24) is 34.8 Å². The van der Waals surface area contributed by atoms with E-state index in [0.29, 0.717) is 47.0 Å². The van der Waals surface area contributed by atoms with Crippen LogP contribution >= 0.6 is 0 Å². The number of aliphatic hydroxyl groups is 1. The SMILES string of the molecule is COc1ccc(C(=O)N2CCC3(CC2)CN(CCN2CCC(n4cc5cc(NC(=O)c6cccc(C)n6)c(C(C)(C)O)cc5n4)CC2)C3)cc1N1CCC(=O)NC1=O. The van der Waals surface area contributed by atoms with E-state index in [4.69, 9.17) is 9.84 Å². The summed E-state index contributed by atoms with van der Waals surface area (Å²) in [6.07, 6.45) is 6.15. The van der Waals surface area contributed by atoms with Crippen molar-refractivity contribution in [3.63, 3.8) is 0 Å². The molecule has 0 atom stereocenters. The Balaban J connectivity index is 0.806. The fraction of sp³-hybridized carbons (Fsp3) is 0.488. The third kappa shape index (κ3) is 8.16. The van der Waals surface area contributed by atoms with Gasteiger partial charge in [-0.1, -0.05) is 6.07 Å². The molecule has 0 unspecified atom stereocenters. The van der Waals surface area contributed by atoms with Crippen LogP contribution in [0.25, 0.3) is 10.9 Å². The van der Waals surface area contributed by atoms with Crippen LogP contribution in [0.5, 0.6) is 5.75 Å². The number of hydrogen-bond donors (Lipinski definition) is 3. The molecule has 306 valence electrons. The molecule has 15 heteroatoms. The molecule has 0 aliphatic carbocycles. The summed E-state index contributed by atoms with van der Waals surface area (Å²) in [6.45, 7) is 13.0. The van der Waals surface area contributed by atoms with Gasteiger partial charge in [-0.05, 0) is 94.3 Å². The highest BCUT2D eigenvalue weighted by Gasteiger charge is 2.45. The summed E-state index contributed by atoms with van der Waals surface area (Å²) in [5.74, 6) is -0.222. The fourth-order valence-electron chi connectivity index (χ4n) is 9.00. The monoisotopic (exact) mass is 791 g/mol. The van der Waals surface area contributed by atoms with Crippen LogP contribution in [0.4, 0.5) is 16.2 Å². The maximum Gasteiger partial charge on any atom is 0.328 e. The molecule has 4 aromatic rings. The van der Waals surface area contributed by atoms with Crippen LogP contribution in [0.2, 0.25) is 0 Å². The number of pyridine rings is 1. The molecule has 4 fully saturated rings. The number of urea groups is 1. The smallest absolute Gasteiger partial charge is 0.328 e. The Kier molecular flexibility index (Phi) is 10.7. The maximum absolute atomic E-state index is 13.6. The third-order valence-corrected chi connectivity index (χ3v) is 12.4. The molecule has 2 aromatic carbocycles. The van der Waals surface area contributed by atoms with Crippen molar-refractivity contribution in [2.24, 2.45) is 5.41 Å². The molecule has 0 bridgehead atoms. The highest BCUT2D eigenvalue weighted by Crippen LogP contribution is 2.41. The third-order valence-electron chi connectivity index (χ3n) is 12.4. The van der Waals surface area contributed by atoms with Gasteiger partial charge in [-0.3, -0.25) is 29.3 Å². The molecule has 4 aliphatic heterocycles. The average Bonchev–Trinajstić information content (AvgIpc) is 3.62. The van der Waals surface area contributed by atoms with E-state index in [-0.39, 0.29) is 42.1 Å². The first kappa shape index (κ1) is 39.4. The number of imide groups is 1. The van der Waals surface area contributed by atoms with Crippen LogP contribution < -0.4 is 20.3 Å². The van der Waals surface area contributed by atoms with Gasteiger partial charge >= 0.3 is 6.03 Å². The van der Waals surface area contributed by atoms with E-state index in [2.05, 4.69) is 36.3 Å². The van der Waals surface area contributed by atoms with Gasteiger partial charge in [0.15, 0.2) is 0 Å². The molecule has 1 spiro atoms. The number of ether oxygens (including phenoxy) is 1. The minimum absolute atomic E-state index is 0.0567. The number of benzene rings is 2. The number of amides is 5. The number of nitrogens with one attached hydrogen (secondary N) is 2. The van der Waals surface area contributed by atoms with E-state index in [0.717, 1.165) is 81.5 Å². The Morgan fingerprint density at radius 3 is 2.41 bits per heavy atom. The second-order valence-corrected chi connectivity index (χ2v) is 17.0. The summed E-state index contributed by atoms with van der Waals surface area (Å²) in [6, 6.07) is 14.0. The van der Waals surface area contributed by atoms with Crippen molar-refractivity contribution in [3.05, 3.63) is 77.2 Å². The summed E-state index contributed by atoms with van der Waals surface area (Å²) in [4.78, 5) is 63.7. The van der Waals surface area contributed by atoms with E-state index < -0.39 is 11.6 Å². The van der Waals surface area contributed by atoms with E-state index in [9.17, 15) is 24.3 Å².